The van der Waals surface area contributed by atoms with Gasteiger partial charge in [0.15, 0.2) is 6.61 Å². The molecule has 0 saturated carbocycles. The number of anilines is 1. The molecule has 0 spiro atoms. The summed E-state index contributed by atoms with van der Waals surface area (Å²) in [6, 6.07) is 12.2. The first-order valence-corrected chi connectivity index (χ1v) is 8.92. The number of benzene rings is 2. The molecular formula is C20H18N4O6. The fourth-order valence-corrected chi connectivity index (χ4v) is 2.74. The van der Waals surface area contributed by atoms with E-state index in [1.54, 1.807) is 12.1 Å². The number of nitrogens with zero attached hydrogens (tertiary/aromatic N) is 1. The summed E-state index contributed by atoms with van der Waals surface area (Å²) in [5, 5.41) is 5.43. The maximum absolute atomic E-state index is 12.4. The van der Waals surface area contributed by atoms with Gasteiger partial charge in [0.25, 0.3) is 17.0 Å². The van der Waals surface area contributed by atoms with Gasteiger partial charge in [0, 0.05) is 11.3 Å². The zero-order chi connectivity index (χ0) is 21.7. The fraction of sp³-hybridized carbons (Fsp3) is 0.150. The van der Waals surface area contributed by atoms with E-state index in [4.69, 9.17) is 10.5 Å². The average molecular weight is 410 g/mol. The van der Waals surface area contributed by atoms with E-state index < -0.39 is 35.5 Å². The Kier molecular flexibility index (Phi) is 6.06. The van der Waals surface area contributed by atoms with Crippen LogP contribution in [0, 0.1) is 0 Å². The minimum absolute atomic E-state index is 0.103. The lowest BCUT2D eigenvalue weighted by atomic mass is 10.2. The highest BCUT2D eigenvalue weighted by molar-refractivity contribution is 5.95. The van der Waals surface area contributed by atoms with Crippen LogP contribution in [-0.4, -0.2) is 34.2 Å². The van der Waals surface area contributed by atoms with E-state index >= 15 is 0 Å². The molecule has 0 saturated heterocycles. The summed E-state index contributed by atoms with van der Waals surface area (Å²) in [6.07, 6.45) is -0.214. The van der Waals surface area contributed by atoms with Crippen molar-refractivity contribution in [1.29, 1.82) is 0 Å². The molecule has 0 unspecified atom stereocenters. The normalized spacial score (nSPS) is 10.5. The second-order valence-corrected chi connectivity index (χ2v) is 6.34. The van der Waals surface area contributed by atoms with Crippen molar-refractivity contribution in [1.82, 2.24) is 9.78 Å². The quantitative estimate of drug-likeness (QED) is 0.478. The number of carbonyl (C=O) groups is 3. The van der Waals surface area contributed by atoms with Crippen molar-refractivity contribution >= 4 is 34.2 Å². The zero-order valence-corrected chi connectivity index (χ0v) is 15.7. The van der Waals surface area contributed by atoms with Gasteiger partial charge in [-0.05, 0) is 36.4 Å². The Morgan fingerprint density at radius 3 is 2.33 bits per heavy atom. The van der Waals surface area contributed by atoms with Crippen LogP contribution in [0.5, 0.6) is 0 Å². The Labute approximate surface area is 169 Å². The molecule has 0 atom stereocenters. The van der Waals surface area contributed by atoms with Gasteiger partial charge in [0.1, 0.15) is 0 Å². The SMILES string of the molecule is NC(=O)c1ccc(NC(=O)COC(=O)CCn2[nH]c(=O)c3ccccc3c2=O)cc1. The van der Waals surface area contributed by atoms with Crippen LogP contribution in [0.15, 0.2) is 58.1 Å². The molecule has 2 aromatic carbocycles. The monoisotopic (exact) mass is 410 g/mol. The van der Waals surface area contributed by atoms with Gasteiger partial charge in [-0.1, -0.05) is 12.1 Å². The third-order valence-corrected chi connectivity index (χ3v) is 4.24. The van der Waals surface area contributed by atoms with Crippen molar-refractivity contribution in [3.63, 3.8) is 0 Å². The standard InChI is InChI=1S/C20H18N4O6/c21-18(27)12-5-7-13(8-6-12)22-16(25)11-30-17(26)9-10-24-20(29)15-4-2-1-3-14(15)19(28)23-24/h1-8H,9-11H2,(H2,21,27)(H,22,25)(H,23,28). The number of primary amides is 1. The minimum Gasteiger partial charge on any atom is -0.456 e. The van der Waals surface area contributed by atoms with Gasteiger partial charge in [0.2, 0.25) is 5.91 Å². The molecule has 0 aliphatic rings. The lowest BCUT2D eigenvalue weighted by Gasteiger charge is -2.08. The number of hydrogen-bond acceptors (Lipinski definition) is 6. The van der Waals surface area contributed by atoms with Crippen molar-refractivity contribution in [2.45, 2.75) is 13.0 Å². The predicted molar refractivity (Wildman–Crippen MR) is 108 cm³/mol. The summed E-state index contributed by atoms with van der Waals surface area (Å²) in [5.41, 5.74) is 4.95. The lowest BCUT2D eigenvalue weighted by Crippen LogP contribution is -2.31. The number of esters is 1. The summed E-state index contributed by atoms with van der Waals surface area (Å²) in [5.74, 6) is -1.88. The van der Waals surface area contributed by atoms with Gasteiger partial charge in [0.05, 0.1) is 23.7 Å². The van der Waals surface area contributed by atoms with Crippen LogP contribution in [0.2, 0.25) is 0 Å². The van der Waals surface area contributed by atoms with Crippen LogP contribution < -0.4 is 22.2 Å². The van der Waals surface area contributed by atoms with E-state index in [2.05, 4.69) is 10.4 Å². The second-order valence-electron chi connectivity index (χ2n) is 6.34. The fourth-order valence-electron chi connectivity index (χ4n) is 2.74. The Balaban J connectivity index is 1.52. The van der Waals surface area contributed by atoms with Crippen molar-refractivity contribution in [3.8, 4) is 0 Å². The maximum atomic E-state index is 12.4. The number of nitrogens with one attached hydrogen (secondary N) is 2. The number of fused-ring (bicyclic) bond motifs is 1. The summed E-state index contributed by atoms with van der Waals surface area (Å²) < 4.78 is 5.92. The van der Waals surface area contributed by atoms with E-state index in [0.717, 1.165) is 4.68 Å². The zero-order valence-electron chi connectivity index (χ0n) is 15.7. The number of carbonyl (C=O) groups excluding carboxylic acids is 3. The van der Waals surface area contributed by atoms with Crippen LogP contribution in [0.4, 0.5) is 5.69 Å². The third kappa shape index (κ3) is 4.79. The van der Waals surface area contributed by atoms with Gasteiger partial charge in [-0.2, -0.15) is 0 Å². The highest BCUT2D eigenvalue weighted by atomic mass is 16.5. The summed E-state index contributed by atoms with van der Waals surface area (Å²) in [4.78, 5) is 59.2. The molecule has 30 heavy (non-hydrogen) atoms. The lowest BCUT2D eigenvalue weighted by molar-refractivity contribution is -0.147. The highest BCUT2D eigenvalue weighted by Gasteiger charge is 2.11. The Bertz CT molecular complexity index is 1230. The van der Waals surface area contributed by atoms with E-state index in [1.807, 2.05) is 0 Å². The molecule has 0 aliphatic heterocycles. The number of hydrogen-bond donors (Lipinski definition) is 3. The molecule has 154 valence electrons. The predicted octanol–water partition coefficient (Wildman–Crippen LogP) is 0.361. The van der Waals surface area contributed by atoms with Gasteiger partial charge in [-0.15, -0.1) is 0 Å². The number of aromatic amines is 1. The van der Waals surface area contributed by atoms with Crippen molar-refractivity contribution < 1.29 is 19.1 Å². The maximum Gasteiger partial charge on any atom is 0.308 e. The Hall–Kier alpha value is -4.21. The number of nitrogens with two attached hydrogens (primary N) is 1. The number of ether oxygens (including phenoxy) is 1. The molecule has 0 fully saturated rings. The Morgan fingerprint density at radius 1 is 1.00 bits per heavy atom. The van der Waals surface area contributed by atoms with Crippen LogP contribution >= 0.6 is 0 Å². The third-order valence-electron chi connectivity index (χ3n) is 4.24. The number of rotatable bonds is 7. The van der Waals surface area contributed by atoms with Crippen molar-refractivity contribution in [2.24, 2.45) is 5.73 Å². The second kappa shape index (κ2) is 8.86. The topological polar surface area (TPSA) is 153 Å². The summed E-state index contributed by atoms with van der Waals surface area (Å²) in [6.45, 7) is -0.631. The van der Waals surface area contributed by atoms with Crippen LogP contribution in [0.3, 0.4) is 0 Å². The number of amides is 2. The first-order valence-electron chi connectivity index (χ1n) is 8.92. The van der Waals surface area contributed by atoms with E-state index in [0.29, 0.717) is 11.3 Å². The van der Waals surface area contributed by atoms with Gasteiger partial charge in [-0.3, -0.25) is 29.1 Å². The van der Waals surface area contributed by atoms with E-state index in [1.165, 1.54) is 36.4 Å². The number of H-pyrrole nitrogens is 1. The molecule has 0 bridgehead atoms. The molecule has 3 rings (SSSR count). The number of aromatic nitrogens is 2. The Morgan fingerprint density at radius 2 is 1.67 bits per heavy atom. The molecule has 4 N–H and O–H groups in total. The molecule has 10 nitrogen and oxygen atoms in total. The van der Waals surface area contributed by atoms with Crippen LogP contribution in [-0.2, 0) is 20.9 Å². The highest BCUT2D eigenvalue weighted by Crippen LogP contribution is 2.09. The van der Waals surface area contributed by atoms with Gasteiger partial charge < -0.3 is 15.8 Å². The first-order chi connectivity index (χ1) is 14.3. The molecule has 0 aliphatic carbocycles. The molecule has 2 amide bonds. The molecule has 1 aromatic heterocycles. The summed E-state index contributed by atoms with van der Waals surface area (Å²) >= 11 is 0. The smallest absolute Gasteiger partial charge is 0.308 e. The molecule has 3 aromatic rings. The van der Waals surface area contributed by atoms with Gasteiger partial charge in [-0.25, -0.2) is 4.68 Å². The minimum atomic E-state index is -0.713. The van der Waals surface area contributed by atoms with Gasteiger partial charge >= 0.3 is 5.97 Å². The molecule has 10 heteroatoms. The first kappa shape index (κ1) is 20.5. The summed E-state index contributed by atoms with van der Waals surface area (Å²) in [7, 11) is 0. The van der Waals surface area contributed by atoms with Crippen molar-refractivity contribution in [2.75, 3.05) is 11.9 Å². The van der Waals surface area contributed by atoms with Crippen LogP contribution in [0.25, 0.3) is 10.8 Å². The van der Waals surface area contributed by atoms with Crippen molar-refractivity contribution in [3.05, 3.63) is 74.8 Å². The number of aryl methyl sites for hydroxylation is 1. The largest absolute Gasteiger partial charge is 0.456 e. The van der Waals surface area contributed by atoms with E-state index in [9.17, 15) is 24.0 Å². The average Bonchev–Trinajstić information content (AvgIpc) is 2.74. The molecule has 0 radical (unpaired) electrons. The van der Waals surface area contributed by atoms with Crippen LogP contribution in [0.1, 0.15) is 16.8 Å². The molecule has 1 heterocycles. The van der Waals surface area contributed by atoms with E-state index in [-0.39, 0.29) is 23.7 Å². The molecular weight excluding hydrogens is 392 g/mol.